The molecule has 0 spiro atoms. The molecule has 3 aliphatic rings. The fourth-order valence-electron chi connectivity index (χ4n) is 4.87. The van der Waals surface area contributed by atoms with Crippen molar-refractivity contribution < 1.29 is 9.21 Å². The second kappa shape index (κ2) is 4.77. The van der Waals surface area contributed by atoms with E-state index in [0.29, 0.717) is 17.5 Å². The molecule has 5 rings (SSSR count). The molecule has 2 aromatic rings. The molecule has 2 N–H and O–H groups in total. The monoisotopic (exact) mass is 327 g/mol. The van der Waals surface area contributed by atoms with E-state index in [0.717, 1.165) is 29.2 Å². The molecule has 2 bridgehead atoms. The zero-order valence-electron chi connectivity index (χ0n) is 12.5. The van der Waals surface area contributed by atoms with Gasteiger partial charge in [0.25, 0.3) is 10.7 Å². The molecular formula is C17H17N3O2S. The number of aromatic nitrogens is 2. The highest BCUT2D eigenvalue weighted by Gasteiger charge is 2.65. The van der Waals surface area contributed by atoms with Gasteiger partial charge in [0.1, 0.15) is 0 Å². The first-order chi connectivity index (χ1) is 11.2. The average molecular weight is 327 g/mol. The van der Waals surface area contributed by atoms with Gasteiger partial charge in [-0.05, 0) is 79.4 Å². The van der Waals surface area contributed by atoms with Gasteiger partial charge in [0.05, 0.1) is 0 Å². The van der Waals surface area contributed by atoms with E-state index in [1.807, 2.05) is 24.3 Å². The molecule has 4 atom stereocenters. The van der Waals surface area contributed by atoms with Crippen LogP contribution in [0.15, 0.2) is 28.7 Å². The van der Waals surface area contributed by atoms with Crippen LogP contribution in [0, 0.1) is 28.5 Å². The molecule has 1 aromatic heterocycles. The molecule has 1 heterocycles. The van der Waals surface area contributed by atoms with Gasteiger partial charge in [0.15, 0.2) is 0 Å². The number of nitrogens with one attached hydrogen (secondary N) is 2. The molecule has 0 aliphatic heterocycles. The largest absolute Gasteiger partial charge is 0.409 e. The summed E-state index contributed by atoms with van der Waals surface area (Å²) in [6.07, 6.45) is 4.13. The topological polar surface area (TPSA) is 70.9 Å². The number of hydrogen-bond donors (Lipinski definition) is 2. The fourth-order valence-corrected chi connectivity index (χ4v) is 5.00. The quantitative estimate of drug-likeness (QED) is 0.850. The van der Waals surface area contributed by atoms with E-state index in [1.165, 1.54) is 19.3 Å². The molecule has 0 saturated heterocycles. The Kier molecular flexibility index (Phi) is 2.80. The Labute approximate surface area is 138 Å². The number of rotatable bonds is 3. The lowest BCUT2D eigenvalue weighted by Crippen LogP contribution is -2.29. The van der Waals surface area contributed by atoms with Crippen molar-refractivity contribution in [2.75, 3.05) is 0 Å². The van der Waals surface area contributed by atoms with Gasteiger partial charge in [-0.25, -0.2) is 5.10 Å². The molecule has 1 amide bonds. The number of amides is 1. The summed E-state index contributed by atoms with van der Waals surface area (Å²) in [7, 11) is 0. The van der Waals surface area contributed by atoms with Gasteiger partial charge in [-0.3, -0.25) is 4.79 Å². The Morgan fingerprint density at radius 2 is 1.91 bits per heavy atom. The number of H-pyrrole nitrogens is 1. The summed E-state index contributed by atoms with van der Waals surface area (Å²) < 4.78 is 5.27. The summed E-state index contributed by atoms with van der Waals surface area (Å²) in [5.41, 5.74) is 1.48. The normalized spacial score (nSPS) is 33.5. The van der Waals surface area contributed by atoms with Crippen molar-refractivity contribution in [3.8, 4) is 11.5 Å². The van der Waals surface area contributed by atoms with Crippen molar-refractivity contribution >= 4 is 18.1 Å². The first-order valence-electron chi connectivity index (χ1n) is 8.17. The third-order valence-electron chi connectivity index (χ3n) is 5.87. The summed E-state index contributed by atoms with van der Waals surface area (Å²) in [6.45, 7) is 0. The summed E-state index contributed by atoms with van der Waals surface area (Å²) in [6, 6.07) is 7.70. The van der Waals surface area contributed by atoms with Crippen molar-refractivity contribution in [1.82, 2.24) is 15.5 Å². The van der Waals surface area contributed by atoms with Gasteiger partial charge >= 0.3 is 0 Å². The summed E-state index contributed by atoms with van der Waals surface area (Å²) in [5.74, 6) is 3.71. The molecule has 0 radical (unpaired) electrons. The lowest BCUT2D eigenvalue weighted by molar-refractivity contribution is 0.0944. The first-order valence-corrected chi connectivity index (χ1v) is 8.58. The lowest BCUT2D eigenvalue weighted by Gasteiger charge is -2.10. The smallest absolute Gasteiger partial charge is 0.284 e. The molecule has 6 heteroatoms. The summed E-state index contributed by atoms with van der Waals surface area (Å²) in [5, 5.41) is 9.81. The molecule has 1 aromatic carbocycles. The SMILES string of the molecule is O=C(NC1[C@@H]2[C@H]3CC[C@@H](C3)[C@@H]12)c1ccc(-c2n[nH]c(=S)o2)cc1. The maximum Gasteiger partial charge on any atom is 0.284 e. The van der Waals surface area contributed by atoms with Crippen LogP contribution in [0.5, 0.6) is 0 Å². The highest BCUT2D eigenvalue weighted by molar-refractivity contribution is 7.71. The number of carbonyl (C=O) groups is 1. The minimum atomic E-state index is 0.0262. The van der Waals surface area contributed by atoms with Crippen LogP contribution in [0.4, 0.5) is 0 Å². The van der Waals surface area contributed by atoms with Gasteiger partial charge < -0.3 is 9.73 Å². The molecular weight excluding hydrogens is 310 g/mol. The van der Waals surface area contributed by atoms with Crippen LogP contribution in [0.3, 0.4) is 0 Å². The highest BCUT2D eigenvalue weighted by Crippen LogP contribution is 2.65. The summed E-state index contributed by atoms with van der Waals surface area (Å²) in [4.78, 5) is 12.7. The molecule has 3 aliphatic carbocycles. The van der Waals surface area contributed by atoms with Crippen molar-refractivity contribution in [3.05, 3.63) is 34.7 Å². The van der Waals surface area contributed by atoms with E-state index in [2.05, 4.69) is 15.5 Å². The Hall–Kier alpha value is -1.95. The Bertz CT molecular complexity index is 809. The van der Waals surface area contributed by atoms with Crippen LogP contribution in [0.1, 0.15) is 29.6 Å². The lowest BCUT2D eigenvalue weighted by atomic mass is 10.0. The Morgan fingerprint density at radius 1 is 1.22 bits per heavy atom. The minimum absolute atomic E-state index is 0.0262. The van der Waals surface area contributed by atoms with E-state index in [-0.39, 0.29) is 10.7 Å². The molecule has 3 saturated carbocycles. The van der Waals surface area contributed by atoms with Crippen LogP contribution < -0.4 is 5.32 Å². The molecule has 118 valence electrons. The number of nitrogens with zero attached hydrogens (tertiary/aromatic N) is 1. The van der Waals surface area contributed by atoms with Crippen molar-refractivity contribution in [2.24, 2.45) is 23.7 Å². The van der Waals surface area contributed by atoms with E-state index >= 15 is 0 Å². The molecule has 3 fully saturated rings. The number of fused-ring (bicyclic) bond motifs is 5. The fraction of sp³-hybridized carbons (Fsp3) is 0.471. The van der Waals surface area contributed by atoms with Crippen LogP contribution in [-0.2, 0) is 0 Å². The zero-order chi connectivity index (χ0) is 15.6. The predicted molar refractivity (Wildman–Crippen MR) is 86.2 cm³/mol. The molecule has 0 unspecified atom stereocenters. The van der Waals surface area contributed by atoms with Crippen LogP contribution in [0.25, 0.3) is 11.5 Å². The van der Waals surface area contributed by atoms with Crippen molar-refractivity contribution in [1.29, 1.82) is 0 Å². The standard InChI is InChI=1S/C17H17N3O2S/c21-15(18-14-12-10-5-6-11(7-10)13(12)14)8-1-3-9(4-2-8)16-19-20-17(23)22-16/h1-4,10-14H,5-7H2,(H,18,21)(H,20,23)/t10-,11-,12+,13+/m0/s1. The predicted octanol–water partition coefficient (Wildman–Crippen LogP) is 3.17. The van der Waals surface area contributed by atoms with E-state index in [1.54, 1.807) is 0 Å². The Balaban J connectivity index is 1.29. The van der Waals surface area contributed by atoms with Crippen molar-refractivity contribution in [2.45, 2.75) is 25.3 Å². The van der Waals surface area contributed by atoms with E-state index < -0.39 is 0 Å². The third kappa shape index (κ3) is 2.08. The maximum absolute atomic E-state index is 12.4. The summed E-state index contributed by atoms with van der Waals surface area (Å²) >= 11 is 4.87. The number of aromatic amines is 1. The van der Waals surface area contributed by atoms with Gasteiger partial charge in [0.2, 0.25) is 5.89 Å². The third-order valence-corrected chi connectivity index (χ3v) is 6.04. The average Bonchev–Trinajstić information content (AvgIpc) is 2.95. The van der Waals surface area contributed by atoms with E-state index in [4.69, 9.17) is 16.6 Å². The van der Waals surface area contributed by atoms with Crippen molar-refractivity contribution in [3.63, 3.8) is 0 Å². The molecule has 5 nitrogen and oxygen atoms in total. The van der Waals surface area contributed by atoms with Gasteiger partial charge in [-0.2, -0.15) is 0 Å². The first kappa shape index (κ1) is 13.5. The minimum Gasteiger partial charge on any atom is -0.409 e. The van der Waals surface area contributed by atoms with Gasteiger partial charge in [-0.1, -0.05) is 0 Å². The maximum atomic E-state index is 12.4. The highest BCUT2D eigenvalue weighted by atomic mass is 32.1. The second-order valence-electron chi connectivity index (χ2n) is 6.98. The van der Waals surface area contributed by atoms with Crippen LogP contribution in [-0.4, -0.2) is 22.1 Å². The van der Waals surface area contributed by atoms with Crippen LogP contribution in [0.2, 0.25) is 0 Å². The number of carbonyl (C=O) groups excluding carboxylic acids is 1. The van der Waals surface area contributed by atoms with E-state index in [9.17, 15) is 4.79 Å². The van der Waals surface area contributed by atoms with Gasteiger partial charge in [0, 0.05) is 17.2 Å². The van der Waals surface area contributed by atoms with Gasteiger partial charge in [-0.15, -0.1) is 5.10 Å². The number of benzene rings is 1. The second-order valence-corrected chi connectivity index (χ2v) is 7.35. The molecule has 23 heavy (non-hydrogen) atoms. The van der Waals surface area contributed by atoms with Crippen LogP contribution >= 0.6 is 12.2 Å². The Morgan fingerprint density at radius 3 is 2.52 bits per heavy atom. The number of hydrogen-bond acceptors (Lipinski definition) is 4. The zero-order valence-corrected chi connectivity index (χ0v) is 13.3.